The van der Waals surface area contributed by atoms with Gasteiger partial charge in [-0.15, -0.1) is 0 Å². The molecule has 174 valence electrons. The average molecular weight is 462 g/mol. The molecule has 32 heavy (non-hydrogen) atoms. The highest BCUT2D eigenvalue weighted by Gasteiger charge is 2.40. The number of rotatable bonds is 4. The largest absolute Gasteiger partial charge is 0.457 e. The normalized spacial score (nSPS) is 19.2. The molecule has 0 aliphatic heterocycles. The minimum atomic E-state index is -0.772. The second-order valence-corrected chi connectivity index (χ2v) is 10.3. The number of carbonyl (C=O) groups is 3. The zero-order valence-corrected chi connectivity index (χ0v) is 20.7. The van der Waals surface area contributed by atoms with Crippen LogP contribution < -0.4 is 5.32 Å². The summed E-state index contributed by atoms with van der Waals surface area (Å²) in [5, 5.41) is 3.40. The van der Waals surface area contributed by atoms with Crippen molar-refractivity contribution in [3.63, 3.8) is 0 Å². The van der Waals surface area contributed by atoms with E-state index in [4.69, 9.17) is 21.1 Å². The number of halogens is 1. The van der Waals surface area contributed by atoms with E-state index in [1.807, 2.05) is 0 Å². The van der Waals surface area contributed by atoms with Gasteiger partial charge in [-0.1, -0.05) is 36.7 Å². The Kier molecular flexibility index (Phi) is 7.61. The van der Waals surface area contributed by atoms with Crippen molar-refractivity contribution in [2.75, 3.05) is 0 Å². The van der Waals surface area contributed by atoms with Gasteiger partial charge in [-0.25, -0.2) is 9.59 Å². The standard InChI is InChI=1S/C25H32ClNO5/c1-14-19(27-15(2)28)13-18(16-9-11-17(26)12-10-16)21(23(30)32-25(6,7)8)20(14)22(29)31-24(3,4)5/h9-14,19H,1-8H3,(H,27,28)/t14-,19-/m0/s1. The third-order valence-electron chi connectivity index (χ3n) is 4.63. The number of ether oxygens (including phenoxy) is 2. The Hall–Kier alpha value is -2.60. The fraction of sp³-hybridized carbons (Fsp3) is 0.480. The molecule has 0 radical (unpaired) electrons. The second-order valence-electron chi connectivity index (χ2n) is 9.89. The average Bonchev–Trinajstić information content (AvgIpc) is 2.60. The van der Waals surface area contributed by atoms with E-state index in [1.165, 1.54) is 6.92 Å². The molecule has 0 bridgehead atoms. The molecule has 0 spiro atoms. The topological polar surface area (TPSA) is 81.7 Å². The van der Waals surface area contributed by atoms with E-state index in [9.17, 15) is 14.4 Å². The smallest absolute Gasteiger partial charge is 0.339 e. The summed E-state index contributed by atoms with van der Waals surface area (Å²) in [6, 6.07) is 6.39. The van der Waals surface area contributed by atoms with Crippen LogP contribution in [0.15, 0.2) is 41.5 Å². The molecule has 0 aromatic heterocycles. The fourth-order valence-corrected chi connectivity index (χ4v) is 3.53. The predicted octanol–water partition coefficient (Wildman–Crippen LogP) is 4.86. The summed E-state index contributed by atoms with van der Waals surface area (Å²) in [5.74, 6) is -2.03. The minimum Gasteiger partial charge on any atom is -0.457 e. The lowest BCUT2D eigenvalue weighted by molar-refractivity contribution is -0.153. The highest BCUT2D eigenvalue weighted by Crippen LogP contribution is 2.38. The van der Waals surface area contributed by atoms with Crippen molar-refractivity contribution < 1.29 is 23.9 Å². The predicted molar refractivity (Wildman–Crippen MR) is 125 cm³/mol. The summed E-state index contributed by atoms with van der Waals surface area (Å²) in [6.45, 7) is 13.7. The fourth-order valence-electron chi connectivity index (χ4n) is 3.40. The summed E-state index contributed by atoms with van der Waals surface area (Å²) in [6.07, 6.45) is 1.78. The summed E-state index contributed by atoms with van der Waals surface area (Å²) in [5.41, 5.74) is -0.0990. The van der Waals surface area contributed by atoms with Gasteiger partial charge >= 0.3 is 11.9 Å². The summed E-state index contributed by atoms with van der Waals surface area (Å²) < 4.78 is 11.3. The Morgan fingerprint density at radius 2 is 1.41 bits per heavy atom. The summed E-state index contributed by atoms with van der Waals surface area (Å²) in [4.78, 5) is 38.6. The Balaban J connectivity index is 2.77. The molecule has 2 rings (SSSR count). The van der Waals surface area contributed by atoms with E-state index >= 15 is 0 Å². The molecule has 7 heteroatoms. The number of hydrogen-bond acceptors (Lipinski definition) is 5. The van der Waals surface area contributed by atoms with E-state index in [1.54, 1.807) is 78.8 Å². The lowest BCUT2D eigenvalue weighted by atomic mass is 9.78. The van der Waals surface area contributed by atoms with Crippen molar-refractivity contribution in [2.24, 2.45) is 5.92 Å². The van der Waals surface area contributed by atoms with Gasteiger partial charge < -0.3 is 14.8 Å². The SMILES string of the molecule is CC(=O)N[C@H]1C=C(c2ccc(Cl)cc2)C(C(=O)OC(C)(C)C)=C(C(=O)OC(C)(C)C)[C@H]1C. The van der Waals surface area contributed by atoms with Crippen LogP contribution in [0.2, 0.25) is 5.02 Å². The summed E-state index contributed by atoms with van der Waals surface area (Å²) >= 11 is 6.05. The quantitative estimate of drug-likeness (QED) is 0.647. The van der Waals surface area contributed by atoms with Gasteiger partial charge in [0.1, 0.15) is 11.2 Å². The van der Waals surface area contributed by atoms with Crippen LogP contribution in [-0.2, 0) is 23.9 Å². The molecule has 0 saturated carbocycles. The highest BCUT2D eigenvalue weighted by molar-refractivity contribution is 6.30. The lowest BCUT2D eigenvalue weighted by Crippen LogP contribution is -2.43. The van der Waals surface area contributed by atoms with Crippen LogP contribution in [0.1, 0.15) is 61.0 Å². The van der Waals surface area contributed by atoms with Crippen molar-refractivity contribution >= 4 is 35.0 Å². The molecule has 0 unspecified atom stereocenters. The second kappa shape index (κ2) is 9.49. The first-order chi connectivity index (χ1) is 14.6. The molecule has 0 heterocycles. The maximum Gasteiger partial charge on any atom is 0.339 e. The molecule has 6 nitrogen and oxygen atoms in total. The van der Waals surface area contributed by atoms with E-state index < -0.39 is 35.1 Å². The van der Waals surface area contributed by atoms with Crippen LogP contribution in [0.5, 0.6) is 0 Å². The van der Waals surface area contributed by atoms with E-state index in [2.05, 4.69) is 5.32 Å². The number of carbonyl (C=O) groups excluding carboxylic acids is 3. The molecule has 1 amide bonds. The van der Waals surface area contributed by atoms with Gasteiger partial charge in [0.2, 0.25) is 5.91 Å². The van der Waals surface area contributed by atoms with Gasteiger partial charge in [-0.3, -0.25) is 4.79 Å². The maximum atomic E-state index is 13.4. The van der Waals surface area contributed by atoms with Gasteiger partial charge in [0, 0.05) is 17.9 Å². The van der Waals surface area contributed by atoms with E-state index in [-0.39, 0.29) is 17.1 Å². The van der Waals surface area contributed by atoms with Crippen LogP contribution in [0.4, 0.5) is 0 Å². The first kappa shape index (κ1) is 25.7. The molecule has 1 aliphatic rings. The van der Waals surface area contributed by atoms with Gasteiger partial charge in [0.15, 0.2) is 0 Å². The van der Waals surface area contributed by atoms with E-state index in [0.29, 0.717) is 16.2 Å². The van der Waals surface area contributed by atoms with Gasteiger partial charge in [-0.05, 0) is 64.8 Å². The number of benzene rings is 1. The van der Waals surface area contributed by atoms with Crippen LogP contribution in [0.25, 0.3) is 5.57 Å². The monoisotopic (exact) mass is 461 g/mol. The first-order valence-electron chi connectivity index (χ1n) is 10.5. The number of nitrogens with one attached hydrogen (secondary N) is 1. The Morgan fingerprint density at radius 1 is 0.906 bits per heavy atom. The number of amides is 1. The van der Waals surface area contributed by atoms with Crippen molar-refractivity contribution in [1.82, 2.24) is 5.32 Å². The number of esters is 2. The zero-order chi connectivity index (χ0) is 24.4. The van der Waals surface area contributed by atoms with Gasteiger partial charge in [-0.2, -0.15) is 0 Å². The van der Waals surface area contributed by atoms with Crippen LogP contribution in [0, 0.1) is 5.92 Å². The molecular weight excluding hydrogens is 430 g/mol. The molecular formula is C25H32ClNO5. The zero-order valence-electron chi connectivity index (χ0n) is 20.0. The Labute approximate surface area is 195 Å². The molecule has 1 N–H and O–H groups in total. The van der Waals surface area contributed by atoms with Crippen molar-refractivity contribution in [2.45, 2.75) is 72.6 Å². The van der Waals surface area contributed by atoms with Gasteiger partial charge in [0.05, 0.1) is 17.2 Å². The van der Waals surface area contributed by atoms with Crippen LogP contribution in [0.3, 0.4) is 0 Å². The molecule has 1 aromatic rings. The number of hydrogen-bond donors (Lipinski definition) is 1. The van der Waals surface area contributed by atoms with Crippen LogP contribution >= 0.6 is 11.6 Å². The maximum absolute atomic E-state index is 13.4. The lowest BCUT2D eigenvalue weighted by Gasteiger charge is -2.33. The Bertz CT molecular complexity index is 962. The first-order valence-corrected chi connectivity index (χ1v) is 10.9. The minimum absolute atomic E-state index is 0.130. The van der Waals surface area contributed by atoms with Crippen LogP contribution in [-0.4, -0.2) is 35.1 Å². The molecule has 0 saturated heterocycles. The van der Waals surface area contributed by atoms with Crippen molar-refractivity contribution in [3.8, 4) is 0 Å². The molecule has 1 aliphatic carbocycles. The van der Waals surface area contributed by atoms with Crippen molar-refractivity contribution in [3.05, 3.63) is 52.1 Å². The Morgan fingerprint density at radius 3 is 1.88 bits per heavy atom. The molecule has 2 atom stereocenters. The third-order valence-corrected chi connectivity index (χ3v) is 4.88. The summed E-state index contributed by atoms with van der Waals surface area (Å²) in [7, 11) is 0. The highest BCUT2D eigenvalue weighted by atomic mass is 35.5. The molecule has 1 aromatic carbocycles. The van der Waals surface area contributed by atoms with Crippen molar-refractivity contribution in [1.29, 1.82) is 0 Å². The third kappa shape index (κ3) is 6.70. The van der Waals surface area contributed by atoms with E-state index in [0.717, 1.165) is 0 Å². The molecule has 0 fully saturated rings. The van der Waals surface area contributed by atoms with Gasteiger partial charge in [0.25, 0.3) is 0 Å².